The number of hydrogen-bond acceptors (Lipinski definition) is 3. The van der Waals surface area contributed by atoms with Gasteiger partial charge in [-0.2, -0.15) is 0 Å². The van der Waals surface area contributed by atoms with E-state index >= 15 is 0 Å². The molecule has 2 aromatic carbocycles. The Morgan fingerprint density at radius 3 is 2.90 bits per heavy atom. The summed E-state index contributed by atoms with van der Waals surface area (Å²) in [6.45, 7) is 0.778. The summed E-state index contributed by atoms with van der Waals surface area (Å²) >= 11 is 6.08. The highest BCUT2D eigenvalue weighted by atomic mass is 35.5. The summed E-state index contributed by atoms with van der Waals surface area (Å²) in [6.07, 6.45) is 0.525. The van der Waals surface area contributed by atoms with Crippen LogP contribution >= 0.6 is 11.6 Å². The van der Waals surface area contributed by atoms with Crippen LogP contribution in [0.5, 0.6) is 11.5 Å². The van der Waals surface area contributed by atoms with Crippen LogP contribution in [0.1, 0.15) is 11.1 Å². The lowest BCUT2D eigenvalue weighted by molar-refractivity contribution is 0.148. The van der Waals surface area contributed by atoms with Gasteiger partial charge in [0.25, 0.3) is 0 Å². The van der Waals surface area contributed by atoms with Crippen molar-refractivity contribution in [1.29, 1.82) is 0 Å². The number of fused-ring (bicyclic) bond motifs is 1. The van der Waals surface area contributed by atoms with Crippen molar-refractivity contribution >= 4 is 11.6 Å². The van der Waals surface area contributed by atoms with E-state index < -0.39 is 0 Å². The molecule has 1 aliphatic heterocycles. The van der Waals surface area contributed by atoms with E-state index in [0.717, 1.165) is 16.9 Å². The molecule has 0 bridgehead atoms. The van der Waals surface area contributed by atoms with Crippen LogP contribution in [0.4, 0.5) is 4.39 Å². The van der Waals surface area contributed by atoms with Crippen LogP contribution in [0.2, 0.25) is 5.02 Å². The highest BCUT2D eigenvalue weighted by Gasteiger charge is 2.23. The molecule has 0 aliphatic carbocycles. The highest BCUT2D eigenvalue weighted by Crippen LogP contribution is 2.30. The summed E-state index contributed by atoms with van der Waals surface area (Å²) in [5.41, 5.74) is 7.31. The molecule has 0 aromatic heterocycles. The van der Waals surface area contributed by atoms with Gasteiger partial charge in [0.15, 0.2) is 0 Å². The van der Waals surface area contributed by atoms with E-state index in [9.17, 15) is 4.39 Å². The summed E-state index contributed by atoms with van der Waals surface area (Å²) in [4.78, 5) is 0. The maximum absolute atomic E-state index is 13.1. The molecule has 3 rings (SSSR count). The Morgan fingerprint density at radius 1 is 1.29 bits per heavy atom. The molecule has 0 amide bonds. The summed E-state index contributed by atoms with van der Waals surface area (Å²) in [5, 5.41) is 0.590. The van der Waals surface area contributed by atoms with E-state index in [1.54, 1.807) is 12.1 Å². The minimum atomic E-state index is -0.247. The van der Waals surface area contributed by atoms with Crippen LogP contribution in [0.3, 0.4) is 0 Å². The topological polar surface area (TPSA) is 44.5 Å². The largest absolute Gasteiger partial charge is 0.490 e. The van der Waals surface area contributed by atoms with Crippen LogP contribution in [-0.4, -0.2) is 12.7 Å². The fourth-order valence-electron chi connectivity index (χ4n) is 2.35. The average Bonchev–Trinajstić information content (AvgIpc) is 2.87. The van der Waals surface area contributed by atoms with Gasteiger partial charge in [0, 0.05) is 23.6 Å². The highest BCUT2D eigenvalue weighted by molar-refractivity contribution is 6.31. The van der Waals surface area contributed by atoms with Crippen molar-refractivity contribution in [3.8, 4) is 11.5 Å². The summed E-state index contributed by atoms with van der Waals surface area (Å²) in [7, 11) is 0. The first-order chi connectivity index (χ1) is 10.2. The summed E-state index contributed by atoms with van der Waals surface area (Å²) in [6, 6.07) is 9.96. The molecule has 1 unspecified atom stereocenters. The van der Waals surface area contributed by atoms with Crippen molar-refractivity contribution in [2.24, 2.45) is 5.73 Å². The van der Waals surface area contributed by atoms with E-state index in [1.165, 1.54) is 12.1 Å². The first-order valence-electron chi connectivity index (χ1n) is 6.72. The molecule has 1 heterocycles. The van der Waals surface area contributed by atoms with Crippen LogP contribution < -0.4 is 15.2 Å². The first kappa shape index (κ1) is 14.2. The number of ether oxygens (including phenoxy) is 2. The minimum absolute atomic E-state index is 0.116. The molecule has 0 saturated carbocycles. The van der Waals surface area contributed by atoms with Crippen molar-refractivity contribution in [2.75, 3.05) is 6.61 Å². The average molecular weight is 308 g/mol. The zero-order valence-electron chi connectivity index (χ0n) is 11.3. The Kier molecular flexibility index (Phi) is 3.99. The van der Waals surface area contributed by atoms with E-state index in [-0.39, 0.29) is 11.9 Å². The maximum Gasteiger partial charge on any atom is 0.137 e. The molecule has 21 heavy (non-hydrogen) atoms. The van der Waals surface area contributed by atoms with Gasteiger partial charge in [0.2, 0.25) is 0 Å². The second-order valence-electron chi connectivity index (χ2n) is 4.96. The zero-order chi connectivity index (χ0) is 14.8. The SMILES string of the molecule is NCc1ccc(OCC2Cc3cc(F)ccc3O2)cc1Cl. The van der Waals surface area contributed by atoms with Gasteiger partial charge >= 0.3 is 0 Å². The predicted octanol–water partition coefficient (Wildman–Crippen LogP) is 3.32. The minimum Gasteiger partial charge on any atom is -0.490 e. The lowest BCUT2D eigenvalue weighted by Crippen LogP contribution is -2.22. The molecule has 2 aromatic rings. The van der Waals surface area contributed by atoms with Gasteiger partial charge in [-0.15, -0.1) is 0 Å². The van der Waals surface area contributed by atoms with E-state index in [2.05, 4.69) is 0 Å². The fraction of sp³-hybridized carbons (Fsp3) is 0.250. The molecule has 0 fully saturated rings. The summed E-state index contributed by atoms with van der Waals surface area (Å²) in [5.74, 6) is 1.15. The number of hydrogen-bond donors (Lipinski definition) is 1. The van der Waals surface area contributed by atoms with Gasteiger partial charge in [0.05, 0.1) is 0 Å². The van der Waals surface area contributed by atoms with Crippen molar-refractivity contribution in [3.63, 3.8) is 0 Å². The van der Waals surface area contributed by atoms with E-state index in [0.29, 0.717) is 30.3 Å². The number of benzene rings is 2. The molecule has 5 heteroatoms. The third-order valence-corrected chi connectivity index (χ3v) is 3.80. The van der Waals surface area contributed by atoms with Crippen LogP contribution in [0, 0.1) is 5.82 Å². The van der Waals surface area contributed by atoms with Crippen molar-refractivity contribution in [3.05, 3.63) is 58.4 Å². The molecule has 0 saturated heterocycles. The van der Waals surface area contributed by atoms with Gasteiger partial charge in [-0.25, -0.2) is 4.39 Å². The number of rotatable bonds is 4. The van der Waals surface area contributed by atoms with Crippen LogP contribution in [0.15, 0.2) is 36.4 Å². The molecule has 1 atom stereocenters. The monoisotopic (exact) mass is 307 g/mol. The van der Waals surface area contributed by atoms with Crippen molar-refractivity contribution < 1.29 is 13.9 Å². The second-order valence-corrected chi connectivity index (χ2v) is 5.37. The Balaban J connectivity index is 1.61. The molecular weight excluding hydrogens is 293 g/mol. The van der Waals surface area contributed by atoms with E-state index in [1.807, 2.05) is 12.1 Å². The Hall–Kier alpha value is -1.78. The normalized spacial score (nSPS) is 16.4. The zero-order valence-corrected chi connectivity index (χ0v) is 12.1. The number of nitrogens with two attached hydrogens (primary N) is 1. The van der Waals surface area contributed by atoms with Gasteiger partial charge in [-0.05, 0) is 35.9 Å². The number of halogens is 2. The first-order valence-corrected chi connectivity index (χ1v) is 7.10. The Bertz CT molecular complexity index is 663. The quantitative estimate of drug-likeness (QED) is 0.942. The summed E-state index contributed by atoms with van der Waals surface area (Å²) < 4.78 is 24.5. The third-order valence-electron chi connectivity index (χ3n) is 3.44. The lowest BCUT2D eigenvalue weighted by atomic mass is 10.1. The van der Waals surface area contributed by atoms with Gasteiger partial charge in [-0.3, -0.25) is 0 Å². The molecule has 110 valence electrons. The van der Waals surface area contributed by atoms with Gasteiger partial charge < -0.3 is 15.2 Å². The Labute approximate surface area is 127 Å². The van der Waals surface area contributed by atoms with Gasteiger partial charge in [-0.1, -0.05) is 17.7 Å². The molecule has 0 radical (unpaired) electrons. The smallest absolute Gasteiger partial charge is 0.137 e. The molecule has 0 spiro atoms. The van der Waals surface area contributed by atoms with Crippen LogP contribution in [-0.2, 0) is 13.0 Å². The Morgan fingerprint density at radius 2 is 2.14 bits per heavy atom. The molecular formula is C16H15ClFNO2. The molecule has 2 N–H and O–H groups in total. The standard InChI is InChI=1S/C16H15ClFNO2/c17-15-7-13(3-1-10(15)8-19)20-9-14-6-11-5-12(18)2-4-16(11)21-14/h1-5,7,14H,6,8-9,19H2. The van der Waals surface area contributed by atoms with Crippen molar-refractivity contribution in [2.45, 2.75) is 19.1 Å². The maximum atomic E-state index is 13.1. The second kappa shape index (κ2) is 5.92. The van der Waals surface area contributed by atoms with Crippen LogP contribution in [0.25, 0.3) is 0 Å². The lowest BCUT2D eigenvalue weighted by Gasteiger charge is -2.13. The van der Waals surface area contributed by atoms with E-state index in [4.69, 9.17) is 26.8 Å². The predicted molar refractivity (Wildman–Crippen MR) is 79.4 cm³/mol. The molecule has 3 nitrogen and oxygen atoms in total. The fourth-order valence-corrected chi connectivity index (χ4v) is 2.60. The van der Waals surface area contributed by atoms with Gasteiger partial charge in [0.1, 0.15) is 30.0 Å². The molecule has 1 aliphatic rings. The third kappa shape index (κ3) is 3.12. The van der Waals surface area contributed by atoms with Crippen molar-refractivity contribution in [1.82, 2.24) is 0 Å².